The Morgan fingerprint density at radius 2 is 1.83 bits per heavy atom. The number of carboxylic acids is 1. The van der Waals surface area contributed by atoms with Gasteiger partial charge >= 0.3 is 5.97 Å². The van der Waals surface area contributed by atoms with E-state index in [1.165, 1.54) is 0 Å². The number of aliphatic carboxylic acids is 1. The summed E-state index contributed by atoms with van der Waals surface area (Å²) in [5.74, 6) is -2.27. The van der Waals surface area contributed by atoms with Crippen molar-refractivity contribution < 1.29 is 18.3 Å². The SMILES string of the molecule is CC(C)(CNS(=O)(=O)CC(=O)O)c1ccccc1. The second-order valence-electron chi connectivity index (χ2n) is 4.72. The van der Waals surface area contributed by atoms with Crippen LogP contribution in [0.5, 0.6) is 0 Å². The first-order valence-electron chi connectivity index (χ1n) is 5.48. The van der Waals surface area contributed by atoms with Crippen LogP contribution in [0.4, 0.5) is 0 Å². The molecular formula is C12H17NO4S. The van der Waals surface area contributed by atoms with Crippen LogP contribution in [0.1, 0.15) is 19.4 Å². The Morgan fingerprint density at radius 3 is 2.33 bits per heavy atom. The number of rotatable bonds is 6. The molecule has 0 aliphatic rings. The van der Waals surface area contributed by atoms with E-state index in [1.807, 2.05) is 44.2 Å². The number of benzene rings is 1. The third-order valence-electron chi connectivity index (χ3n) is 2.60. The first-order valence-corrected chi connectivity index (χ1v) is 7.13. The Hall–Kier alpha value is -1.40. The molecule has 6 heteroatoms. The van der Waals surface area contributed by atoms with Crippen molar-refractivity contribution in [2.75, 3.05) is 12.3 Å². The number of hydrogen-bond donors (Lipinski definition) is 2. The van der Waals surface area contributed by atoms with E-state index in [0.717, 1.165) is 5.56 Å². The van der Waals surface area contributed by atoms with Crippen LogP contribution in [0.3, 0.4) is 0 Å². The Bertz CT molecular complexity index is 508. The van der Waals surface area contributed by atoms with Gasteiger partial charge in [-0.15, -0.1) is 0 Å². The highest BCUT2D eigenvalue weighted by Gasteiger charge is 2.24. The van der Waals surface area contributed by atoms with Crippen LogP contribution in [0.15, 0.2) is 30.3 Å². The van der Waals surface area contributed by atoms with Gasteiger partial charge < -0.3 is 5.11 Å². The minimum absolute atomic E-state index is 0.159. The van der Waals surface area contributed by atoms with E-state index < -0.39 is 27.2 Å². The molecule has 0 fully saturated rings. The molecule has 0 unspecified atom stereocenters. The molecule has 0 aliphatic heterocycles. The molecule has 2 N–H and O–H groups in total. The number of carbonyl (C=O) groups is 1. The first kappa shape index (κ1) is 14.7. The Balaban J connectivity index is 2.71. The molecule has 0 aromatic heterocycles. The fourth-order valence-electron chi connectivity index (χ4n) is 1.50. The van der Waals surface area contributed by atoms with Crippen molar-refractivity contribution >= 4 is 16.0 Å². The van der Waals surface area contributed by atoms with Gasteiger partial charge in [-0.1, -0.05) is 44.2 Å². The predicted octanol–water partition coefficient (Wildman–Crippen LogP) is 0.968. The van der Waals surface area contributed by atoms with Crippen LogP contribution in [0, 0.1) is 0 Å². The van der Waals surface area contributed by atoms with Gasteiger partial charge in [0, 0.05) is 12.0 Å². The molecule has 5 nitrogen and oxygen atoms in total. The molecule has 0 spiro atoms. The van der Waals surface area contributed by atoms with E-state index in [-0.39, 0.29) is 6.54 Å². The zero-order valence-electron chi connectivity index (χ0n) is 10.4. The standard InChI is InChI=1S/C12H17NO4S/c1-12(2,10-6-4-3-5-7-10)9-13-18(16,17)8-11(14)15/h3-7,13H,8-9H2,1-2H3,(H,14,15). The Labute approximate surface area is 107 Å². The lowest BCUT2D eigenvalue weighted by atomic mass is 9.85. The summed E-state index contributed by atoms with van der Waals surface area (Å²) in [5.41, 5.74) is 0.593. The third-order valence-corrected chi connectivity index (χ3v) is 3.81. The van der Waals surface area contributed by atoms with Crippen molar-refractivity contribution in [3.8, 4) is 0 Å². The zero-order valence-corrected chi connectivity index (χ0v) is 11.2. The van der Waals surface area contributed by atoms with Crippen molar-refractivity contribution in [2.45, 2.75) is 19.3 Å². The monoisotopic (exact) mass is 271 g/mol. The van der Waals surface area contributed by atoms with Gasteiger partial charge in [0.1, 0.15) is 0 Å². The molecule has 100 valence electrons. The summed E-state index contributed by atoms with van der Waals surface area (Å²) in [6.45, 7) is 3.95. The molecule has 0 radical (unpaired) electrons. The molecule has 0 aliphatic carbocycles. The minimum atomic E-state index is -3.77. The van der Waals surface area contributed by atoms with Crippen LogP contribution in [-0.2, 0) is 20.2 Å². The minimum Gasteiger partial charge on any atom is -0.480 e. The maximum atomic E-state index is 11.4. The second-order valence-corrected chi connectivity index (χ2v) is 6.53. The quantitative estimate of drug-likeness (QED) is 0.807. The van der Waals surface area contributed by atoms with E-state index in [9.17, 15) is 13.2 Å². The third kappa shape index (κ3) is 4.46. The highest BCUT2D eigenvalue weighted by Crippen LogP contribution is 2.21. The van der Waals surface area contributed by atoms with Crippen LogP contribution in [0.2, 0.25) is 0 Å². The van der Waals surface area contributed by atoms with E-state index in [0.29, 0.717) is 0 Å². The molecule has 1 aromatic carbocycles. The van der Waals surface area contributed by atoms with E-state index in [2.05, 4.69) is 4.72 Å². The van der Waals surface area contributed by atoms with Gasteiger partial charge in [0.25, 0.3) is 0 Å². The van der Waals surface area contributed by atoms with Gasteiger partial charge in [-0.05, 0) is 5.56 Å². The fourth-order valence-corrected chi connectivity index (χ4v) is 2.50. The van der Waals surface area contributed by atoms with Crippen molar-refractivity contribution in [2.24, 2.45) is 0 Å². The number of hydrogen-bond acceptors (Lipinski definition) is 3. The van der Waals surface area contributed by atoms with Crippen LogP contribution < -0.4 is 4.72 Å². The maximum absolute atomic E-state index is 11.4. The zero-order chi connectivity index (χ0) is 13.8. The largest absolute Gasteiger partial charge is 0.480 e. The molecule has 0 bridgehead atoms. The van der Waals surface area contributed by atoms with Gasteiger partial charge in [0.2, 0.25) is 10.0 Å². The van der Waals surface area contributed by atoms with Crippen molar-refractivity contribution in [3.63, 3.8) is 0 Å². The summed E-state index contributed by atoms with van der Waals surface area (Å²) in [6.07, 6.45) is 0. The molecule has 0 amide bonds. The molecule has 1 rings (SSSR count). The lowest BCUT2D eigenvalue weighted by molar-refractivity contribution is -0.134. The van der Waals surface area contributed by atoms with Crippen molar-refractivity contribution in [1.29, 1.82) is 0 Å². The van der Waals surface area contributed by atoms with Crippen molar-refractivity contribution in [3.05, 3.63) is 35.9 Å². The summed E-state index contributed by atoms with van der Waals surface area (Å²) < 4.78 is 25.2. The van der Waals surface area contributed by atoms with Gasteiger partial charge in [-0.25, -0.2) is 13.1 Å². The average molecular weight is 271 g/mol. The van der Waals surface area contributed by atoms with Crippen LogP contribution in [0.25, 0.3) is 0 Å². The highest BCUT2D eigenvalue weighted by molar-refractivity contribution is 7.90. The summed E-state index contributed by atoms with van der Waals surface area (Å²) in [7, 11) is -3.77. The number of sulfonamides is 1. The van der Waals surface area contributed by atoms with E-state index in [1.54, 1.807) is 0 Å². The number of nitrogens with one attached hydrogen (secondary N) is 1. The van der Waals surface area contributed by atoms with Crippen molar-refractivity contribution in [1.82, 2.24) is 4.72 Å². The summed E-state index contributed by atoms with van der Waals surface area (Å²) in [4.78, 5) is 10.4. The molecule has 0 heterocycles. The molecular weight excluding hydrogens is 254 g/mol. The molecule has 1 aromatic rings. The summed E-state index contributed by atoms with van der Waals surface area (Å²) in [6, 6.07) is 9.46. The second kappa shape index (κ2) is 5.49. The average Bonchev–Trinajstić information content (AvgIpc) is 2.26. The van der Waals surface area contributed by atoms with Gasteiger partial charge in [0.15, 0.2) is 5.75 Å². The fraction of sp³-hybridized carbons (Fsp3) is 0.417. The smallest absolute Gasteiger partial charge is 0.320 e. The molecule has 0 saturated carbocycles. The molecule has 18 heavy (non-hydrogen) atoms. The maximum Gasteiger partial charge on any atom is 0.320 e. The van der Waals surface area contributed by atoms with Crippen LogP contribution in [-0.4, -0.2) is 31.8 Å². The lowest BCUT2D eigenvalue weighted by Crippen LogP contribution is -2.39. The first-order chi connectivity index (χ1) is 8.23. The Kier molecular flexibility index (Phi) is 4.48. The van der Waals surface area contributed by atoms with E-state index >= 15 is 0 Å². The number of carboxylic acid groups (broad SMARTS) is 1. The normalized spacial score (nSPS) is 12.3. The topological polar surface area (TPSA) is 83.5 Å². The molecule has 0 atom stereocenters. The van der Waals surface area contributed by atoms with Gasteiger partial charge in [0.05, 0.1) is 0 Å². The Morgan fingerprint density at radius 1 is 1.28 bits per heavy atom. The highest BCUT2D eigenvalue weighted by atomic mass is 32.2. The predicted molar refractivity (Wildman–Crippen MR) is 68.9 cm³/mol. The van der Waals surface area contributed by atoms with Crippen LogP contribution >= 0.6 is 0 Å². The van der Waals surface area contributed by atoms with Gasteiger partial charge in [-0.2, -0.15) is 0 Å². The molecule has 0 saturated heterocycles. The van der Waals surface area contributed by atoms with E-state index in [4.69, 9.17) is 5.11 Å². The summed E-state index contributed by atoms with van der Waals surface area (Å²) in [5, 5.41) is 8.48. The summed E-state index contributed by atoms with van der Waals surface area (Å²) >= 11 is 0. The lowest BCUT2D eigenvalue weighted by Gasteiger charge is -2.25. The van der Waals surface area contributed by atoms with Gasteiger partial charge in [-0.3, -0.25) is 4.79 Å².